The lowest BCUT2D eigenvalue weighted by molar-refractivity contribution is -0.121. The van der Waals surface area contributed by atoms with Crippen LogP contribution < -0.4 is 16.2 Å². The second kappa shape index (κ2) is 12.1. The van der Waals surface area contributed by atoms with Crippen LogP contribution in [-0.4, -0.2) is 58.8 Å². The summed E-state index contributed by atoms with van der Waals surface area (Å²) >= 11 is 1.47. The molecule has 5 rings (SSSR count). The third-order valence-corrected chi connectivity index (χ3v) is 9.11. The van der Waals surface area contributed by atoms with Gasteiger partial charge in [-0.1, -0.05) is 24.3 Å². The highest BCUT2D eigenvalue weighted by molar-refractivity contribution is 7.89. The number of carbonyl (C=O) groups is 3. The average Bonchev–Trinajstić information content (AvgIpc) is 3.64. The van der Waals surface area contributed by atoms with Gasteiger partial charge in [-0.2, -0.15) is 9.40 Å². The monoisotopic (exact) mass is 617 g/mol. The van der Waals surface area contributed by atoms with E-state index in [0.29, 0.717) is 28.1 Å². The maximum Gasteiger partial charge on any atom is 0.270 e. The number of rotatable bonds is 8. The third kappa shape index (κ3) is 6.30. The van der Waals surface area contributed by atoms with E-state index in [1.54, 1.807) is 17.7 Å². The maximum absolute atomic E-state index is 13.4. The molecule has 0 aliphatic heterocycles. The van der Waals surface area contributed by atoms with Crippen LogP contribution in [0, 0.1) is 6.92 Å². The quantitative estimate of drug-likeness (QED) is 0.225. The number of nitrogens with one attached hydrogen (secondary N) is 3. The van der Waals surface area contributed by atoms with Gasteiger partial charge in [0.2, 0.25) is 15.9 Å². The van der Waals surface area contributed by atoms with Gasteiger partial charge in [-0.25, -0.2) is 18.1 Å². The number of hydrogen-bond donors (Lipinski definition) is 3. The summed E-state index contributed by atoms with van der Waals surface area (Å²) < 4.78 is 28.5. The molecular formula is C29H27N7O5S2. The fraction of sp³-hybridized carbons (Fsp3) is 0.138. The smallest absolute Gasteiger partial charge is 0.270 e. The summed E-state index contributed by atoms with van der Waals surface area (Å²) in [6.07, 6.45) is 0. The topological polar surface area (TPSA) is 155 Å². The molecule has 0 aliphatic carbocycles. The van der Waals surface area contributed by atoms with E-state index in [9.17, 15) is 22.8 Å². The zero-order valence-corrected chi connectivity index (χ0v) is 25.0. The minimum Gasteiger partial charge on any atom is -0.326 e. The van der Waals surface area contributed by atoms with Gasteiger partial charge in [-0.3, -0.25) is 25.2 Å². The number of para-hydroxylation sites is 1. The lowest BCUT2D eigenvalue weighted by atomic mass is 10.1. The van der Waals surface area contributed by atoms with E-state index in [1.807, 2.05) is 47.8 Å². The molecular weight excluding hydrogens is 590 g/mol. The number of anilines is 1. The predicted octanol–water partition coefficient (Wildman–Crippen LogP) is 3.50. The highest BCUT2D eigenvalue weighted by atomic mass is 32.2. The molecule has 0 saturated heterocycles. The maximum atomic E-state index is 13.4. The van der Waals surface area contributed by atoms with E-state index >= 15 is 0 Å². The number of carbonyl (C=O) groups excluding carboxylic acids is 3. The lowest BCUT2D eigenvalue weighted by Gasteiger charge is -2.17. The van der Waals surface area contributed by atoms with Crippen molar-refractivity contribution in [2.24, 2.45) is 0 Å². The fourth-order valence-electron chi connectivity index (χ4n) is 4.38. The number of benzene rings is 2. The number of thiophene rings is 1. The first-order valence-corrected chi connectivity index (χ1v) is 15.3. The van der Waals surface area contributed by atoms with E-state index < -0.39 is 28.4 Å². The minimum absolute atomic E-state index is 0.0628. The molecule has 2 aromatic carbocycles. The number of amides is 3. The van der Waals surface area contributed by atoms with Gasteiger partial charge in [0, 0.05) is 19.7 Å². The zero-order chi connectivity index (χ0) is 30.7. The van der Waals surface area contributed by atoms with Crippen molar-refractivity contribution in [2.75, 3.05) is 18.9 Å². The van der Waals surface area contributed by atoms with E-state index in [0.717, 1.165) is 14.9 Å². The number of pyridine rings is 1. The van der Waals surface area contributed by atoms with Gasteiger partial charge >= 0.3 is 0 Å². The van der Waals surface area contributed by atoms with Gasteiger partial charge < -0.3 is 5.32 Å². The number of sulfonamides is 1. The Kier molecular flexibility index (Phi) is 8.34. The SMILES string of the molecule is CC(=O)Nc1ccc(S(=O)(=O)N(C)CC(=O)NNC(=O)c2cc(-c3cccs3)nc3c2c(C)nn3-c2ccccc2)cc1. The summed E-state index contributed by atoms with van der Waals surface area (Å²) in [6, 6.07) is 20.4. The van der Waals surface area contributed by atoms with Crippen LogP contribution in [0.1, 0.15) is 23.0 Å². The summed E-state index contributed by atoms with van der Waals surface area (Å²) in [5.74, 6) is -1.66. The molecule has 5 aromatic rings. The Morgan fingerprint density at radius 1 is 0.977 bits per heavy atom. The first-order valence-electron chi connectivity index (χ1n) is 13.0. The molecule has 0 radical (unpaired) electrons. The molecule has 0 saturated carbocycles. The van der Waals surface area contributed by atoms with Crippen molar-refractivity contribution in [3.8, 4) is 16.3 Å². The van der Waals surface area contributed by atoms with Gasteiger partial charge in [0.25, 0.3) is 11.8 Å². The second-order valence-electron chi connectivity index (χ2n) is 9.53. The van der Waals surface area contributed by atoms with Gasteiger partial charge in [0.15, 0.2) is 5.65 Å². The van der Waals surface area contributed by atoms with Crippen molar-refractivity contribution in [1.29, 1.82) is 0 Å². The molecule has 0 atom stereocenters. The molecule has 12 nitrogen and oxygen atoms in total. The normalized spacial score (nSPS) is 11.4. The van der Waals surface area contributed by atoms with Crippen molar-refractivity contribution in [2.45, 2.75) is 18.7 Å². The molecule has 43 heavy (non-hydrogen) atoms. The number of fused-ring (bicyclic) bond motifs is 1. The predicted molar refractivity (Wildman–Crippen MR) is 163 cm³/mol. The molecule has 0 fully saturated rings. The van der Waals surface area contributed by atoms with Gasteiger partial charge in [0.1, 0.15) is 0 Å². The standard InChI is InChI=1S/C29H27N7O5S2/c1-18-27-23(16-24(25-10-7-15-42-25)31-28(27)36(34-18)21-8-5-4-6-9-21)29(39)33-32-26(38)17-35(3)43(40,41)22-13-11-20(12-14-22)30-19(2)37/h4-16H,17H2,1-3H3,(H,30,37)(H,32,38)(H,33,39). The van der Waals surface area contributed by atoms with Crippen LogP contribution in [0.3, 0.4) is 0 Å². The van der Waals surface area contributed by atoms with Gasteiger partial charge in [-0.15, -0.1) is 11.3 Å². The summed E-state index contributed by atoms with van der Waals surface area (Å²) in [5, 5.41) is 9.61. The van der Waals surface area contributed by atoms with Crippen LogP contribution in [0.2, 0.25) is 0 Å². The second-order valence-corrected chi connectivity index (χ2v) is 12.5. The van der Waals surface area contributed by atoms with Crippen molar-refractivity contribution >= 4 is 55.8 Å². The molecule has 3 N–H and O–H groups in total. The summed E-state index contributed by atoms with van der Waals surface area (Å²) in [5.41, 5.74) is 7.76. The van der Waals surface area contributed by atoms with Crippen molar-refractivity contribution in [3.05, 3.63) is 89.4 Å². The Morgan fingerprint density at radius 3 is 2.35 bits per heavy atom. The molecule has 14 heteroatoms. The van der Waals surface area contributed by atoms with Crippen LogP contribution in [-0.2, 0) is 19.6 Å². The summed E-state index contributed by atoms with van der Waals surface area (Å²) in [6.45, 7) is 2.55. The van der Waals surface area contributed by atoms with Crippen molar-refractivity contribution in [3.63, 3.8) is 0 Å². The molecule has 0 bridgehead atoms. The molecule has 0 unspecified atom stereocenters. The minimum atomic E-state index is -4.03. The highest BCUT2D eigenvalue weighted by Crippen LogP contribution is 2.30. The molecule has 3 aromatic heterocycles. The number of hydrazine groups is 1. The summed E-state index contributed by atoms with van der Waals surface area (Å²) in [4.78, 5) is 43.0. The Balaban J connectivity index is 1.35. The first-order chi connectivity index (χ1) is 20.5. The van der Waals surface area contributed by atoms with Crippen molar-refractivity contribution in [1.82, 2.24) is 29.9 Å². The van der Waals surface area contributed by atoms with Crippen LogP contribution in [0.5, 0.6) is 0 Å². The van der Waals surface area contributed by atoms with E-state index in [2.05, 4.69) is 21.3 Å². The van der Waals surface area contributed by atoms with Gasteiger partial charge in [0.05, 0.1) is 44.3 Å². The molecule has 0 spiro atoms. The molecule has 3 amide bonds. The van der Waals surface area contributed by atoms with E-state index in [4.69, 9.17) is 4.98 Å². The fourth-order valence-corrected chi connectivity index (χ4v) is 6.20. The Hall–Kier alpha value is -4.92. The Morgan fingerprint density at radius 2 is 1.70 bits per heavy atom. The third-order valence-electron chi connectivity index (χ3n) is 6.40. The van der Waals surface area contributed by atoms with Crippen LogP contribution >= 0.6 is 11.3 Å². The lowest BCUT2D eigenvalue weighted by Crippen LogP contribution is -2.46. The van der Waals surface area contributed by atoms with Crippen LogP contribution in [0.15, 0.2) is 83.1 Å². The molecule has 3 heterocycles. The van der Waals surface area contributed by atoms with Gasteiger partial charge in [-0.05, 0) is 60.8 Å². The van der Waals surface area contributed by atoms with Crippen LogP contribution in [0.25, 0.3) is 27.3 Å². The number of likely N-dealkylation sites (N-methyl/N-ethyl adjacent to an activating group) is 1. The number of nitrogens with zero attached hydrogens (tertiary/aromatic N) is 4. The van der Waals surface area contributed by atoms with Crippen molar-refractivity contribution < 1.29 is 22.8 Å². The average molecular weight is 618 g/mol. The Labute approximate surface area is 251 Å². The summed E-state index contributed by atoms with van der Waals surface area (Å²) in [7, 11) is -2.78. The van der Waals surface area contributed by atoms with Crippen LogP contribution in [0.4, 0.5) is 5.69 Å². The number of aryl methyl sites for hydroxylation is 1. The zero-order valence-electron chi connectivity index (χ0n) is 23.4. The molecule has 220 valence electrons. The largest absolute Gasteiger partial charge is 0.326 e. The molecule has 0 aliphatic rings. The first kappa shape index (κ1) is 29.6. The number of hydrogen-bond acceptors (Lipinski definition) is 8. The Bertz CT molecular complexity index is 1920. The van der Waals surface area contributed by atoms with E-state index in [-0.39, 0.29) is 16.4 Å². The number of aromatic nitrogens is 3. The van der Waals surface area contributed by atoms with E-state index in [1.165, 1.54) is 49.6 Å². The highest BCUT2D eigenvalue weighted by Gasteiger charge is 2.25.